The van der Waals surface area contributed by atoms with Gasteiger partial charge in [0.15, 0.2) is 0 Å². The van der Waals surface area contributed by atoms with Gasteiger partial charge in [-0.05, 0) is 83.6 Å². The molecular formula is C45H48F3IrN3O2. The maximum absolute atomic E-state index is 13.5. The van der Waals surface area contributed by atoms with E-state index in [1.54, 1.807) is 12.3 Å². The molecular weight excluding hydrogens is 864 g/mol. The Morgan fingerprint density at radius 1 is 0.741 bits per heavy atom. The second-order valence-electron chi connectivity index (χ2n) is 14.4. The first-order valence-corrected chi connectivity index (χ1v) is 18.2. The minimum Gasteiger partial charge on any atom is -0.511 e. The molecule has 5 nitrogen and oxygen atoms in total. The van der Waals surface area contributed by atoms with Crippen LogP contribution in [0.4, 0.5) is 13.2 Å². The van der Waals surface area contributed by atoms with Crippen molar-refractivity contribution in [2.24, 2.45) is 10.8 Å². The molecule has 0 fully saturated rings. The number of fused-ring (bicyclic) bond motifs is 4. The molecule has 0 spiro atoms. The molecule has 54 heavy (non-hydrogen) atoms. The maximum atomic E-state index is 13.5. The van der Waals surface area contributed by atoms with Crippen molar-refractivity contribution in [1.82, 2.24) is 15.0 Å². The summed E-state index contributed by atoms with van der Waals surface area (Å²) in [6, 6.07) is 22.1. The first kappa shape index (κ1) is 42.3. The molecule has 0 aliphatic rings. The summed E-state index contributed by atoms with van der Waals surface area (Å²) in [7, 11) is 0. The molecule has 285 valence electrons. The first-order valence-electron chi connectivity index (χ1n) is 18.2. The number of nitrogens with zero attached hydrogens (tertiary/aromatic N) is 3. The van der Waals surface area contributed by atoms with Crippen molar-refractivity contribution in [3.05, 3.63) is 114 Å². The Morgan fingerprint density at radius 2 is 1.37 bits per heavy atom. The number of halogens is 3. The first-order chi connectivity index (χ1) is 25.1. The number of rotatable bonds is 9. The zero-order valence-corrected chi connectivity index (χ0v) is 34.5. The van der Waals surface area contributed by atoms with Crippen LogP contribution in [0.25, 0.3) is 55.0 Å². The van der Waals surface area contributed by atoms with Crippen molar-refractivity contribution < 1.29 is 43.2 Å². The topological polar surface area (TPSA) is 80.3 Å². The van der Waals surface area contributed by atoms with E-state index in [0.29, 0.717) is 17.1 Å². The van der Waals surface area contributed by atoms with Gasteiger partial charge in [-0.2, -0.15) is 13.2 Å². The van der Waals surface area contributed by atoms with Crippen molar-refractivity contribution in [3.8, 4) is 22.4 Å². The number of benzene rings is 4. The molecule has 9 heteroatoms. The number of aromatic nitrogens is 3. The van der Waals surface area contributed by atoms with E-state index in [1.807, 2.05) is 57.2 Å². The minimum atomic E-state index is -4.51. The van der Waals surface area contributed by atoms with Crippen LogP contribution < -0.4 is 0 Å². The third kappa shape index (κ3) is 8.58. The normalized spacial score (nSPS) is 12.4. The zero-order valence-electron chi connectivity index (χ0n) is 32.1. The van der Waals surface area contributed by atoms with Gasteiger partial charge in [-0.15, -0.1) is 34.9 Å². The van der Waals surface area contributed by atoms with E-state index in [4.69, 9.17) is 0 Å². The summed E-state index contributed by atoms with van der Waals surface area (Å²) >= 11 is 0. The van der Waals surface area contributed by atoms with Gasteiger partial charge in [0.05, 0.1) is 22.6 Å². The molecule has 0 saturated carbocycles. The van der Waals surface area contributed by atoms with E-state index in [9.17, 15) is 23.1 Å². The number of hydrogen-bond donors (Lipinski definition) is 1. The Bertz CT molecular complexity index is 2310. The average Bonchev–Trinajstić information content (AvgIpc) is 3.15. The smallest absolute Gasteiger partial charge is 0.418 e. The Labute approximate surface area is 329 Å². The van der Waals surface area contributed by atoms with Gasteiger partial charge in [0, 0.05) is 49.7 Å². The number of aryl methyl sites for hydroxylation is 2. The fourth-order valence-corrected chi connectivity index (χ4v) is 6.62. The fourth-order valence-electron chi connectivity index (χ4n) is 6.62. The van der Waals surface area contributed by atoms with E-state index < -0.39 is 11.7 Å². The van der Waals surface area contributed by atoms with E-state index in [1.165, 1.54) is 18.5 Å². The van der Waals surface area contributed by atoms with Crippen LogP contribution in [0.5, 0.6) is 0 Å². The maximum Gasteiger partial charge on any atom is 0.418 e. The summed E-state index contributed by atoms with van der Waals surface area (Å²) in [6.07, 6.45) is 5.04. The third-order valence-electron chi connectivity index (χ3n) is 11.0. The second-order valence-corrected chi connectivity index (χ2v) is 14.4. The number of aliphatic hydroxyl groups excluding tert-OH is 1. The molecule has 2 heterocycles. The number of aliphatic hydroxyl groups is 1. The molecule has 0 saturated heterocycles. The van der Waals surface area contributed by atoms with Crippen LogP contribution in [-0.2, 0) is 26.3 Å². The number of hydrogen-bond acceptors (Lipinski definition) is 4. The molecule has 2 aromatic heterocycles. The van der Waals surface area contributed by atoms with Crippen LogP contribution >= 0.6 is 0 Å². The summed E-state index contributed by atoms with van der Waals surface area (Å²) < 4.78 is 40.6. The molecule has 6 aromatic rings. The Morgan fingerprint density at radius 3 is 1.98 bits per heavy atom. The monoisotopic (exact) mass is 912 g/mol. The van der Waals surface area contributed by atoms with Crippen LogP contribution in [0.2, 0.25) is 0 Å². The van der Waals surface area contributed by atoms with E-state index >= 15 is 0 Å². The Hall–Kier alpha value is -4.46. The van der Waals surface area contributed by atoms with Gasteiger partial charge < -0.3 is 10.1 Å². The van der Waals surface area contributed by atoms with E-state index in [0.717, 1.165) is 81.2 Å². The Kier molecular flexibility index (Phi) is 13.2. The third-order valence-corrected chi connectivity index (χ3v) is 11.0. The molecule has 6 rings (SSSR count). The summed E-state index contributed by atoms with van der Waals surface area (Å²) in [5.41, 5.74) is 4.24. The standard InChI is InChI=1S/C30H19F3N3.C15H28O2.Ir/c1-17-13-18(2)15-21(14-17)27-25-6-4-19-16-20(3-5-22(19)24(25)9-10-34-27)23-7-8-26(30(31,32)33)29-28(23)35-11-12-36-29;1-7-14(5,8-2)12(16)11-13(17)15(6,9-3)10-4;/h3-14,16H,1-2H3;11,16H,7-10H2,1-6H3;/q-1;;/p+1/b;12-11-;. The summed E-state index contributed by atoms with van der Waals surface area (Å²) in [4.78, 5) is 23.1. The predicted molar refractivity (Wildman–Crippen MR) is 212 cm³/mol. The summed E-state index contributed by atoms with van der Waals surface area (Å²) in [6.45, 7) is 16.4. The van der Waals surface area contributed by atoms with Crippen LogP contribution in [0.15, 0.2) is 91.1 Å². The van der Waals surface area contributed by atoms with Crippen molar-refractivity contribution in [2.75, 3.05) is 0 Å². The van der Waals surface area contributed by atoms with Crippen LogP contribution in [0.3, 0.4) is 0 Å². The molecule has 4 aromatic carbocycles. The molecule has 0 amide bonds. The minimum absolute atomic E-state index is 0. The van der Waals surface area contributed by atoms with Gasteiger partial charge in [-0.3, -0.25) is 14.8 Å². The number of pyridine rings is 1. The van der Waals surface area contributed by atoms with Crippen molar-refractivity contribution >= 4 is 38.4 Å². The zero-order chi connectivity index (χ0) is 38.7. The summed E-state index contributed by atoms with van der Waals surface area (Å²) in [5.74, 6) is 0.598. The number of allylic oxidation sites excluding steroid dienone is 2. The molecule has 1 radical (unpaired) electrons. The molecule has 0 unspecified atom stereocenters. The van der Waals surface area contributed by atoms with E-state index in [-0.39, 0.29) is 42.0 Å². The van der Waals surface area contributed by atoms with E-state index in [2.05, 4.69) is 67.8 Å². The van der Waals surface area contributed by atoms with Gasteiger partial charge in [0.1, 0.15) is 11.3 Å². The van der Waals surface area contributed by atoms with Crippen molar-refractivity contribution in [1.29, 1.82) is 0 Å². The quantitative estimate of drug-likeness (QED) is 0.0515. The van der Waals surface area contributed by atoms with Crippen molar-refractivity contribution in [3.63, 3.8) is 0 Å². The molecule has 0 aliphatic heterocycles. The number of ketones is 1. The molecule has 0 bridgehead atoms. The number of alkyl halides is 3. The van der Waals surface area contributed by atoms with Gasteiger partial charge in [-0.25, -0.2) is 0 Å². The van der Waals surface area contributed by atoms with Crippen LogP contribution in [0, 0.1) is 30.7 Å². The second kappa shape index (κ2) is 16.9. The predicted octanol–water partition coefficient (Wildman–Crippen LogP) is 12.7. The molecule has 2 N–H and O–H groups in total. The average molecular weight is 912 g/mol. The SMILES string of the molecule is CCC(C)(CC)C(=[OH+])/C=C(\O)C(C)(CC)CC.Cc1[c-]c(-c2nccc3c2ccc2cc(-c4ccc(C(F)(F)F)c5nccnc45)ccc23)cc(C)c1.[Ir]. The van der Waals surface area contributed by atoms with Gasteiger partial charge in [-0.1, -0.05) is 78.8 Å². The summed E-state index contributed by atoms with van der Waals surface area (Å²) in [5, 5.41) is 14.2. The van der Waals surface area contributed by atoms with Gasteiger partial charge in [0.2, 0.25) is 0 Å². The van der Waals surface area contributed by atoms with Gasteiger partial charge >= 0.3 is 12.0 Å². The molecule has 0 atom stereocenters. The fraction of sp³-hybridized carbons (Fsp3) is 0.333. The van der Waals surface area contributed by atoms with Crippen LogP contribution in [0.1, 0.15) is 83.9 Å². The Balaban J connectivity index is 0.000000309. The molecule has 0 aliphatic carbocycles. The number of carbonyl (C=O) groups excluding carboxylic acids is 1. The van der Waals surface area contributed by atoms with Crippen molar-refractivity contribution in [2.45, 2.75) is 87.2 Å². The van der Waals surface area contributed by atoms with Gasteiger partial charge in [0.25, 0.3) is 0 Å². The largest absolute Gasteiger partial charge is 0.511 e. The van der Waals surface area contributed by atoms with Crippen LogP contribution in [-0.4, -0.2) is 30.6 Å².